The maximum absolute atomic E-state index is 12.6. The first kappa shape index (κ1) is 22.9. The molecule has 31 heavy (non-hydrogen) atoms. The number of nitrogens with one attached hydrogen (secondary N) is 1. The maximum atomic E-state index is 12.6. The summed E-state index contributed by atoms with van der Waals surface area (Å²) < 4.78 is 7.14. The molecule has 0 aliphatic heterocycles. The second-order valence-electron chi connectivity index (χ2n) is 6.39. The van der Waals surface area contributed by atoms with Crippen LogP contribution in [0.4, 0.5) is 5.69 Å². The highest BCUT2D eigenvalue weighted by atomic mass is 35.5. The van der Waals surface area contributed by atoms with Crippen LogP contribution in [0, 0.1) is 0 Å². The zero-order valence-electron chi connectivity index (χ0n) is 16.2. The van der Waals surface area contributed by atoms with Gasteiger partial charge in [0.2, 0.25) is 0 Å². The summed E-state index contributed by atoms with van der Waals surface area (Å²) in [7, 11) is 0. The Labute approximate surface area is 190 Å². The summed E-state index contributed by atoms with van der Waals surface area (Å²) in [5, 5.41) is 3.33. The number of ether oxygens (including phenoxy) is 1. The van der Waals surface area contributed by atoms with Gasteiger partial charge in [-0.25, -0.2) is 4.79 Å². The average molecular weight is 485 g/mol. The van der Waals surface area contributed by atoms with Crippen LogP contribution in [0.15, 0.2) is 46.0 Å². The lowest BCUT2D eigenvalue weighted by Crippen LogP contribution is -2.41. The van der Waals surface area contributed by atoms with Crippen molar-refractivity contribution in [1.82, 2.24) is 9.13 Å². The molecule has 8 nitrogen and oxygen atoms in total. The average Bonchev–Trinajstić information content (AvgIpc) is 2.74. The topological polar surface area (TPSA) is 99.4 Å². The first-order valence-electron chi connectivity index (χ1n) is 9.05. The molecule has 0 saturated heterocycles. The highest BCUT2D eigenvalue weighted by molar-refractivity contribution is 6.44. The molecular formula is C20H16Cl3N3O5. The highest BCUT2D eigenvalue weighted by Crippen LogP contribution is 2.32. The molecule has 11 heteroatoms. The molecular weight excluding hydrogens is 469 g/mol. The molecule has 1 aromatic heterocycles. The molecule has 0 fully saturated rings. The summed E-state index contributed by atoms with van der Waals surface area (Å²) in [6.07, 6.45) is 0. The van der Waals surface area contributed by atoms with Gasteiger partial charge in [0, 0.05) is 6.54 Å². The van der Waals surface area contributed by atoms with Crippen molar-refractivity contribution in [2.45, 2.75) is 20.0 Å². The fourth-order valence-electron chi connectivity index (χ4n) is 2.93. The van der Waals surface area contributed by atoms with E-state index in [0.29, 0.717) is 10.9 Å². The number of hydrogen-bond donors (Lipinski definition) is 1. The summed E-state index contributed by atoms with van der Waals surface area (Å²) in [4.78, 5) is 49.5. The first-order chi connectivity index (χ1) is 14.7. The van der Waals surface area contributed by atoms with Crippen LogP contribution < -0.4 is 16.6 Å². The van der Waals surface area contributed by atoms with Crippen LogP contribution in [0.25, 0.3) is 10.9 Å². The van der Waals surface area contributed by atoms with Gasteiger partial charge in [-0.15, -0.1) is 0 Å². The first-order valence-corrected chi connectivity index (χ1v) is 10.2. The van der Waals surface area contributed by atoms with E-state index in [-0.39, 0.29) is 27.3 Å². The van der Waals surface area contributed by atoms with Crippen LogP contribution in [0.2, 0.25) is 15.1 Å². The molecule has 2 aromatic carbocycles. The molecule has 0 atom stereocenters. The lowest BCUT2D eigenvalue weighted by Gasteiger charge is -2.13. The maximum Gasteiger partial charge on any atom is 0.332 e. The lowest BCUT2D eigenvalue weighted by molar-refractivity contribution is -0.147. The molecule has 0 bridgehead atoms. The van der Waals surface area contributed by atoms with Crippen LogP contribution in [0.5, 0.6) is 0 Å². The van der Waals surface area contributed by atoms with Crippen molar-refractivity contribution in [3.05, 3.63) is 72.3 Å². The van der Waals surface area contributed by atoms with E-state index in [2.05, 4.69) is 5.32 Å². The molecule has 0 radical (unpaired) electrons. The van der Waals surface area contributed by atoms with Crippen LogP contribution in [-0.2, 0) is 27.4 Å². The van der Waals surface area contributed by atoms with Crippen LogP contribution in [0.1, 0.15) is 6.92 Å². The van der Waals surface area contributed by atoms with E-state index in [1.807, 2.05) is 0 Å². The van der Waals surface area contributed by atoms with Crippen molar-refractivity contribution in [2.75, 3.05) is 11.9 Å². The minimum absolute atomic E-state index is 0.143. The Morgan fingerprint density at radius 1 is 1.00 bits per heavy atom. The number of aromatic nitrogens is 2. The van der Waals surface area contributed by atoms with Gasteiger partial charge in [-0.05, 0) is 31.2 Å². The molecule has 1 amide bonds. The summed E-state index contributed by atoms with van der Waals surface area (Å²) >= 11 is 17.7. The van der Waals surface area contributed by atoms with E-state index in [0.717, 1.165) is 9.13 Å². The number of nitrogens with zero attached hydrogens (tertiary/aromatic N) is 2. The van der Waals surface area contributed by atoms with Crippen molar-refractivity contribution in [3.63, 3.8) is 0 Å². The van der Waals surface area contributed by atoms with Gasteiger partial charge in [0.1, 0.15) is 6.54 Å². The largest absolute Gasteiger partial charge is 0.454 e. The van der Waals surface area contributed by atoms with Gasteiger partial charge >= 0.3 is 11.7 Å². The summed E-state index contributed by atoms with van der Waals surface area (Å²) in [5.41, 5.74) is -0.582. The number of esters is 1. The van der Waals surface area contributed by atoms with Gasteiger partial charge in [-0.1, -0.05) is 46.9 Å². The number of hydrogen-bond acceptors (Lipinski definition) is 5. The molecule has 162 valence electrons. The standard InChI is InChI=1S/C20H16Cl3N3O5/c1-2-25-19(29)11-5-3-4-6-16(11)26(20(25)30)9-18(28)31-10-17(27)24-15-8-13(22)12(21)7-14(15)23/h3-8H,2,9-10H2,1H3,(H,24,27). The second-order valence-corrected chi connectivity index (χ2v) is 7.61. The van der Waals surface area contributed by atoms with Gasteiger partial charge in [-0.2, -0.15) is 0 Å². The number of carbonyl (C=O) groups is 2. The number of benzene rings is 2. The molecule has 0 saturated carbocycles. The third kappa shape index (κ3) is 4.92. The monoisotopic (exact) mass is 483 g/mol. The second kappa shape index (κ2) is 9.55. The summed E-state index contributed by atoms with van der Waals surface area (Å²) in [5.74, 6) is -1.49. The molecule has 0 aliphatic carbocycles. The minimum atomic E-state index is -0.830. The van der Waals surface area contributed by atoms with Crippen molar-refractivity contribution < 1.29 is 14.3 Å². The molecule has 0 spiro atoms. The Kier molecular flexibility index (Phi) is 7.04. The Balaban J connectivity index is 1.74. The third-order valence-electron chi connectivity index (χ3n) is 4.38. The third-order valence-corrected chi connectivity index (χ3v) is 5.42. The zero-order chi connectivity index (χ0) is 22.7. The Bertz CT molecular complexity index is 1300. The van der Waals surface area contributed by atoms with E-state index in [1.54, 1.807) is 31.2 Å². The summed E-state index contributed by atoms with van der Waals surface area (Å²) in [6.45, 7) is 0.707. The van der Waals surface area contributed by atoms with Gasteiger partial charge in [0.25, 0.3) is 11.5 Å². The number of rotatable bonds is 6. The van der Waals surface area contributed by atoms with E-state index >= 15 is 0 Å². The summed E-state index contributed by atoms with van der Waals surface area (Å²) in [6, 6.07) is 9.17. The number of amides is 1. The highest BCUT2D eigenvalue weighted by Gasteiger charge is 2.16. The van der Waals surface area contributed by atoms with Crippen molar-refractivity contribution in [3.8, 4) is 0 Å². The quantitative estimate of drug-likeness (QED) is 0.427. The number of para-hydroxylation sites is 1. The number of anilines is 1. The molecule has 3 aromatic rings. The van der Waals surface area contributed by atoms with Crippen molar-refractivity contribution in [1.29, 1.82) is 0 Å². The predicted octanol–water partition coefficient (Wildman–Crippen LogP) is 3.33. The van der Waals surface area contributed by atoms with Crippen LogP contribution >= 0.6 is 34.8 Å². The molecule has 1 N–H and O–H groups in total. The fraction of sp³-hybridized carbons (Fsp3) is 0.200. The van der Waals surface area contributed by atoms with E-state index in [9.17, 15) is 19.2 Å². The van der Waals surface area contributed by atoms with E-state index in [4.69, 9.17) is 39.5 Å². The number of carbonyl (C=O) groups excluding carboxylic acids is 2. The SMILES string of the molecule is CCn1c(=O)c2ccccc2n(CC(=O)OCC(=O)Nc2cc(Cl)c(Cl)cc2Cl)c1=O. The normalized spacial score (nSPS) is 10.8. The molecule has 3 rings (SSSR count). The van der Waals surface area contributed by atoms with Gasteiger partial charge in [-0.3, -0.25) is 23.5 Å². The van der Waals surface area contributed by atoms with E-state index < -0.39 is 36.3 Å². The molecule has 0 aliphatic rings. The van der Waals surface area contributed by atoms with Gasteiger partial charge < -0.3 is 10.1 Å². The zero-order valence-corrected chi connectivity index (χ0v) is 18.4. The number of fused-ring (bicyclic) bond motifs is 1. The predicted molar refractivity (Wildman–Crippen MR) is 119 cm³/mol. The van der Waals surface area contributed by atoms with Crippen LogP contribution in [0.3, 0.4) is 0 Å². The Hall–Kier alpha value is -2.81. The Morgan fingerprint density at radius 3 is 2.39 bits per heavy atom. The number of halogens is 3. The van der Waals surface area contributed by atoms with E-state index in [1.165, 1.54) is 12.1 Å². The van der Waals surface area contributed by atoms with Crippen LogP contribution in [-0.4, -0.2) is 27.6 Å². The smallest absolute Gasteiger partial charge is 0.332 e. The van der Waals surface area contributed by atoms with Gasteiger partial charge in [0.05, 0.1) is 31.7 Å². The van der Waals surface area contributed by atoms with Crippen molar-refractivity contribution >= 4 is 63.3 Å². The van der Waals surface area contributed by atoms with Gasteiger partial charge in [0.15, 0.2) is 6.61 Å². The lowest BCUT2D eigenvalue weighted by atomic mass is 10.2. The molecule has 1 heterocycles. The van der Waals surface area contributed by atoms with Crippen molar-refractivity contribution in [2.24, 2.45) is 0 Å². The molecule has 0 unspecified atom stereocenters. The fourth-order valence-corrected chi connectivity index (χ4v) is 3.52. The minimum Gasteiger partial charge on any atom is -0.454 e. The Morgan fingerprint density at radius 2 is 1.68 bits per heavy atom.